The molecule has 0 saturated carbocycles. The molecule has 0 spiro atoms. The van der Waals surface area contributed by atoms with Crippen molar-refractivity contribution in [1.29, 1.82) is 0 Å². The zero-order chi connectivity index (χ0) is 14.7. The Hall–Kier alpha value is -1.80. The summed E-state index contributed by atoms with van der Waals surface area (Å²) in [6, 6.07) is 3.90. The molecule has 1 heterocycles. The van der Waals surface area contributed by atoms with E-state index in [0.717, 1.165) is 11.8 Å². The molecule has 2 N–H and O–H groups in total. The van der Waals surface area contributed by atoms with Crippen molar-refractivity contribution < 1.29 is 9.18 Å². The zero-order valence-electron chi connectivity index (χ0n) is 10.3. The number of H-pyrrole nitrogens is 1. The van der Waals surface area contributed by atoms with Crippen LogP contribution in [0, 0.1) is 5.82 Å². The molecule has 20 heavy (non-hydrogen) atoms. The molecule has 0 radical (unpaired) electrons. The lowest BCUT2D eigenvalue weighted by Gasteiger charge is -2.05. The second-order valence-electron chi connectivity index (χ2n) is 3.84. The zero-order valence-corrected chi connectivity index (χ0v) is 11.9. The first kappa shape index (κ1) is 14.6. The van der Waals surface area contributed by atoms with Gasteiger partial charge in [-0.1, -0.05) is 23.4 Å². The van der Waals surface area contributed by atoms with Crippen molar-refractivity contribution in [1.82, 2.24) is 14.8 Å². The third-order valence-corrected chi connectivity index (χ3v) is 3.69. The third-order valence-electron chi connectivity index (χ3n) is 2.37. The minimum atomic E-state index is -0.550. The largest absolute Gasteiger partial charge is 0.343 e. The van der Waals surface area contributed by atoms with Crippen LogP contribution in [0.5, 0.6) is 0 Å². The van der Waals surface area contributed by atoms with Gasteiger partial charge in [0.15, 0.2) is 5.16 Å². The van der Waals surface area contributed by atoms with E-state index < -0.39 is 5.82 Å². The molecular weight excluding hydrogens is 307 g/mol. The first-order valence-electron chi connectivity index (χ1n) is 5.46. The van der Waals surface area contributed by atoms with Gasteiger partial charge in [-0.15, -0.1) is 5.10 Å². The van der Waals surface area contributed by atoms with Crippen molar-refractivity contribution in [3.05, 3.63) is 39.5 Å². The molecule has 0 unspecified atom stereocenters. The van der Waals surface area contributed by atoms with Gasteiger partial charge in [-0.3, -0.25) is 9.36 Å². The van der Waals surface area contributed by atoms with Gasteiger partial charge < -0.3 is 5.32 Å². The van der Waals surface area contributed by atoms with Gasteiger partial charge in [-0.25, -0.2) is 14.3 Å². The monoisotopic (exact) mass is 316 g/mol. The summed E-state index contributed by atoms with van der Waals surface area (Å²) in [5.41, 5.74) is 0.0520. The summed E-state index contributed by atoms with van der Waals surface area (Å²) in [6.45, 7) is 0. The predicted octanol–water partition coefficient (Wildman–Crippen LogP) is 1.63. The van der Waals surface area contributed by atoms with Crippen molar-refractivity contribution in [2.75, 3.05) is 11.1 Å². The number of halogens is 2. The molecule has 0 bridgehead atoms. The number of nitrogens with zero attached hydrogens (tertiary/aromatic N) is 2. The van der Waals surface area contributed by atoms with Crippen LogP contribution in [0.1, 0.15) is 0 Å². The number of amides is 1. The summed E-state index contributed by atoms with van der Waals surface area (Å²) in [5, 5.41) is 8.94. The molecule has 0 aliphatic rings. The molecule has 9 heteroatoms. The first-order chi connectivity index (χ1) is 9.47. The average Bonchev–Trinajstić information content (AvgIpc) is 2.72. The number of hydrogen-bond acceptors (Lipinski definition) is 4. The van der Waals surface area contributed by atoms with Crippen LogP contribution in [0.2, 0.25) is 5.02 Å². The van der Waals surface area contributed by atoms with Gasteiger partial charge in [0.05, 0.1) is 10.8 Å². The minimum absolute atomic E-state index is 0.0626. The molecular formula is C11H10ClFN4O2S. The fourth-order valence-corrected chi connectivity index (χ4v) is 2.26. The fraction of sp³-hybridized carbons (Fsp3) is 0.182. The summed E-state index contributed by atoms with van der Waals surface area (Å²) in [4.78, 5) is 22.8. The maximum Gasteiger partial charge on any atom is 0.343 e. The van der Waals surface area contributed by atoms with E-state index in [0.29, 0.717) is 10.8 Å². The Morgan fingerprint density at radius 3 is 2.95 bits per heavy atom. The standard InChI is InChI=1S/C11H10ClFN4O2S/c1-17-10(19)15-16-11(17)20-5-9(18)14-6-2-3-8(13)7(12)4-6/h2-4H,5H2,1H3,(H,14,18)(H,15,19). The van der Waals surface area contributed by atoms with E-state index in [4.69, 9.17) is 11.6 Å². The molecule has 1 amide bonds. The number of carbonyl (C=O) groups excluding carboxylic acids is 1. The van der Waals surface area contributed by atoms with Crippen molar-refractivity contribution in [3.63, 3.8) is 0 Å². The number of rotatable bonds is 4. The van der Waals surface area contributed by atoms with Crippen molar-refractivity contribution >= 4 is 35.0 Å². The minimum Gasteiger partial charge on any atom is -0.325 e. The number of carbonyl (C=O) groups is 1. The third kappa shape index (κ3) is 3.40. The highest BCUT2D eigenvalue weighted by Crippen LogP contribution is 2.20. The van der Waals surface area contributed by atoms with E-state index in [1.54, 1.807) is 7.05 Å². The molecule has 106 valence electrons. The van der Waals surface area contributed by atoms with Crippen LogP contribution >= 0.6 is 23.4 Å². The Balaban J connectivity index is 1.94. The van der Waals surface area contributed by atoms with Gasteiger partial charge >= 0.3 is 5.69 Å². The smallest absolute Gasteiger partial charge is 0.325 e. The predicted molar refractivity (Wildman–Crippen MR) is 74.6 cm³/mol. The van der Waals surface area contributed by atoms with Crippen LogP contribution in [-0.4, -0.2) is 26.4 Å². The van der Waals surface area contributed by atoms with Gasteiger partial charge in [0.1, 0.15) is 5.82 Å². The van der Waals surface area contributed by atoms with Crippen LogP contribution in [0.3, 0.4) is 0 Å². The molecule has 0 fully saturated rings. The van der Waals surface area contributed by atoms with Gasteiger partial charge in [0.2, 0.25) is 5.91 Å². The van der Waals surface area contributed by atoms with Crippen molar-refractivity contribution in [2.24, 2.45) is 7.05 Å². The van der Waals surface area contributed by atoms with Crippen molar-refractivity contribution in [2.45, 2.75) is 5.16 Å². The summed E-state index contributed by atoms with van der Waals surface area (Å²) >= 11 is 6.71. The second kappa shape index (κ2) is 6.10. The van der Waals surface area contributed by atoms with Crippen LogP contribution < -0.4 is 11.0 Å². The molecule has 6 nitrogen and oxygen atoms in total. The lowest BCUT2D eigenvalue weighted by atomic mass is 10.3. The Kier molecular flexibility index (Phi) is 4.46. The van der Waals surface area contributed by atoms with Gasteiger partial charge in [0.25, 0.3) is 0 Å². The lowest BCUT2D eigenvalue weighted by Crippen LogP contribution is -2.16. The molecule has 0 saturated heterocycles. The van der Waals surface area contributed by atoms with Crippen LogP contribution in [-0.2, 0) is 11.8 Å². The van der Waals surface area contributed by atoms with Crippen molar-refractivity contribution in [3.8, 4) is 0 Å². The van der Waals surface area contributed by atoms with E-state index in [2.05, 4.69) is 15.5 Å². The molecule has 0 aliphatic carbocycles. The van der Waals surface area contributed by atoms with E-state index in [9.17, 15) is 14.0 Å². The molecule has 0 aliphatic heterocycles. The highest BCUT2D eigenvalue weighted by molar-refractivity contribution is 7.99. The number of aromatic amines is 1. The van der Waals surface area contributed by atoms with Crippen LogP contribution in [0.25, 0.3) is 0 Å². The molecule has 1 aromatic carbocycles. The Morgan fingerprint density at radius 1 is 1.60 bits per heavy atom. The molecule has 0 atom stereocenters. The highest BCUT2D eigenvalue weighted by Gasteiger charge is 2.09. The quantitative estimate of drug-likeness (QED) is 0.840. The number of nitrogens with one attached hydrogen (secondary N) is 2. The van der Waals surface area contributed by atoms with Gasteiger partial charge in [0, 0.05) is 12.7 Å². The van der Waals surface area contributed by atoms with Crippen LogP contribution in [0.15, 0.2) is 28.2 Å². The van der Waals surface area contributed by atoms with E-state index >= 15 is 0 Å². The number of hydrogen-bond donors (Lipinski definition) is 2. The second-order valence-corrected chi connectivity index (χ2v) is 5.19. The Labute approximate surface area is 122 Å². The normalized spacial score (nSPS) is 10.6. The summed E-state index contributed by atoms with van der Waals surface area (Å²) in [6.07, 6.45) is 0. The van der Waals surface area contributed by atoms with Crippen LogP contribution in [0.4, 0.5) is 10.1 Å². The first-order valence-corrected chi connectivity index (χ1v) is 6.83. The number of thioether (sulfide) groups is 1. The van der Waals surface area contributed by atoms with E-state index in [-0.39, 0.29) is 22.4 Å². The number of anilines is 1. The summed E-state index contributed by atoms with van der Waals surface area (Å²) in [5.74, 6) is -0.800. The fourth-order valence-electron chi connectivity index (χ4n) is 1.36. The topological polar surface area (TPSA) is 79.8 Å². The molecule has 2 aromatic rings. The average molecular weight is 317 g/mol. The van der Waals surface area contributed by atoms with Gasteiger partial charge in [-0.05, 0) is 18.2 Å². The SMILES string of the molecule is Cn1c(SCC(=O)Nc2ccc(F)c(Cl)c2)n[nH]c1=O. The summed E-state index contributed by atoms with van der Waals surface area (Å²) in [7, 11) is 1.55. The summed E-state index contributed by atoms with van der Waals surface area (Å²) < 4.78 is 14.3. The van der Waals surface area contributed by atoms with E-state index in [1.165, 1.54) is 22.8 Å². The molecule has 1 aromatic heterocycles. The highest BCUT2D eigenvalue weighted by atomic mass is 35.5. The lowest BCUT2D eigenvalue weighted by molar-refractivity contribution is -0.113. The maximum absolute atomic E-state index is 13.0. The number of aromatic nitrogens is 3. The maximum atomic E-state index is 13.0. The van der Waals surface area contributed by atoms with Gasteiger partial charge in [-0.2, -0.15) is 0 Å². The van der Waals surface area contributed by atoms with E-state index in [1.807, 2.05) is 0 Å². The Morgan fingerprint density at radius 2 is 2.35 bits per heavy atom. The molecule has 2 rings (SSSR count). The number of benzene rings is 1. The Bertz CT molecular complexity index is 700.